The molecule has 5 nitrogen and oxygen atoms in total. The molecule has 6 heteroatoms. The van der Waals surface area contributed by atoms with E-state index >= 15 is 0 Å². The van der Waals surface area contributed by atoms with Crippen molar-refractivity contribution >= 4 is 21.6 Å². The molecule has 1 aromatic rings. The molecule has 1 N–H and O–H groups in total. The van der Waals surface area contributed by atoms with E-state index in [1.165, 1.54) is 10.6 Å². The maximum atomic E-state index is 12.1. The van der Waals surface area contributed by atoms with Gasteiger partial charge < -0.3 is 5.32 Å². The number of nitrogens with zero attached hydrogens (tertiary/aromatic N) is 1. The van der Waals surface area contributed by atoms with E-state index in [1.54, 1.807) is 31.2 Å². The Hall–Kier alpha value is -1.56. The molecule has 0 bridgehead atoms. The fourth-order valence-electron chi connectivity index (χ4n) is 1.84. The molecular formula is C15H24N2O3S. The highest BCUT2D eigenvalue weighted by atomic mass is 32.2. The average Bonchev–Trinajstić information content (AvgIpc) is 2.38. The second-order valence-electron chi connectivity index (χ2n) is 5.48. The van der Waals surface area contributed by atoms with E-state index in [0.29, 0.717) is 23.7 Å². The first kappa shape index (κ1) is 17.5. The van der Waals surface area contributed by atoms with Crippen molar-refractivity contribution in [3.8, 4) is 0 Å². The predicted molar refractivity (Wildman–Crippen MR) is 86.1 cm³/mol. The van der Waals surface area contributed by atoms with Crippen LogP contribution in [0.2, 0.25) is 0 Å². The number of carbonyl (C=O) groups is 1. The third-order valence-corrected chi connectivity index (χ3v) is 4.73. The molecule has 1 rings (SSSR count). The Balaban J connectivity index is 2.90. The van der Waals surface area contributed by atoms with Crippen molar-refractivity contribution < 1.29 is 13.2 Å². The van der Waals surface area contributed by atoms with E-state index in [4.69, 9.17) is 0 Å². The van der Waals surface area contributed by atoms with Crippen molar-refractivity contribution in [3.05, 3.63) is 29.8 Å². The highest BCUT2D eigenvalue weighted by Gasteiger charge is 2.16. The molecule has 1 atom stereocenters. The zero-order valence-electron chi connectivity index (χ0n) is 13.3. The van der Waals surface area contributed by atoms with Crippen molar-refractivity contribution in [1.29, 1.82) is 0 Å². The van der Waals surface area contributed by atoms with Crippen molar-refractivity contribution in [2.75, 3.05) is 17.1 Å². The Morgan fingerprint density at radius 3 is 2.10 bits per heavy atom. The van der Waals surface area contributed by atoms with Crippen LogP contribution in [0.5, 0.6) is 0 Å². The first-order valence-electron chi connectivity index (χ1n) is 7.05. The number of hydrogen-bond acceptors (Lipinski definition) is 3. The first-order chi connectivity index (χ1) is 9.66. The lowest BCUT2D eigenvalue weighted by Gasteiger charge is -2.21. The maximum Gasteiger partial charge on any atom is 0.251 e. The molecule has 118 valence electrons. The minimum Gasteiger partial charge on any atom is -0.349 e. The van der Waals surface area contributed by atoms with Gasteiger partial charge in [-0.15, -0.1) is 0 Å². The summed E-state index contributed by atoms with van der Waals surface area (Å²) in [5, 5.41) is 2.92. The molecule has 0 radical (unpaired) electrons. The summed E-state index contributed by atoms with van der Waals surface area (Å²) in [5.41, 5.74) is 1.09. The van der Waals surface area contributed by atoms with E-state index in [9.17, 15) is 13.2 Å². The summed E-state index contributed by atoms with van der Waals surface area (Å²) in [5.74, 6) is 0.208. The number of hydrogen-bond donors (Lipinski definition) is 1. The largest absolute Gasteiger partial charge is 0.349 e. The van der Waals surface area contributed by atoms with Crippen LogP contribution in [-0.4, -0.2) is 33.2 Å². The molecule has 0 fully saturated rings. The Kier molecular flexibility index (Phi) is 5.78. The summed E-state index contributed by atoms with van der Waals surface area (Å²) < 4.78 is 24.6. The zero-order chi connectivity index (χ0) is 16.2. The molecule has 0 saturated heterocycles. The van der Waals surface area contributed by atoms with Crippen molar-refractivity contribution in [2.45, 2.75) is 33.7 Å². The summed E-state index contributed by atoms with van der Waals surface area (Å²) in [7, 11) is -3.30. The van der Waals surface area contributed by atoms with Crippen molar-refractivity contribution in [3.63, 3.8) is 0 Å². The average molecular weight is 312 g/mol. The normalized spacial score (nSPS) is 13.0. The number of nitrogens with one attached hydrogen (secondary N) is 1. The van der Waals surface area contributed by atoms with E-state index < -0.39 is 10.0 Å². The number of benzene rings is 1. The lowest BCUT2D eigenvalue weighted by atomic mass is 10.1. The third kappa shape index (κ3) is 4.74. The summed E-state index contributed by atoms with van der Waals surface area (Å²) in [6.07, 6.45) is 1.17. The molecule has 0 heterocycles. The number of carbonyl (C=O) groups excluding carboxylic acids is 1. The maximum absolute atomic E-state index is 12.1. The summed E-state index contributed by atoms with van der Waals surface area (Å²) in [6.45, 7) is 8.17. The fourth-order valence-corrected chi connectivity index (χ4v) is 2.82. The van der Waals surface area contributed by atoms with Crippen LogP contribution < -0.4 is 9.62 Å². The second kappa shape index (κ2) is 6.93. The quantitative estimate of drug-likeness (QED) is 0.876. The topological polar surface area (TPSA) is 66.5 Å². The van der Waals surface area contributed by atoms with Gasteiger partial charge in [0.2, 0.25) is 10.0 Å². The van der Waals surface area contributed by atoms with Crippen LogP contribution in [0.25, 0.3) is 0 Å². The lowest BCUT2D eigenvalue weighted by Crippen LogP contribution is -2.36. The Bertz CT molecular complexity index is 579. The number of anilines is 1. The highest BCUT2D eigenvalue weighted by molar-refractivity contribution is 7.92. The molecule has 0 saturated carbocycles. The van der Waals surface area contributed by atoms with E-state index in [1.807, 2.05) is 20.8 Å². The minimum absolute atomic E-state index is 0.0836. The third-order valence-electron chi connectivity index (χ3n) is 3.46. The van der Waals surface area contributed by atoms with Crippen LogP contribution in [0.15, 0.2) is 24.3 Å². The second-order valence-corrected chi connectivity index (χ2v) is 7.39. The van der Waals surface area contributed by atoms with Gasteiger partial charge in [-0.1, -0.05) is 13.8 Å². The highest BCUT2D eigenvalue weighted by Crippen LogP contribution is 2.18. The van der Waals surface area contributed by atoms with Gasteiger partial charge in [0.15, 0.2) is 0 Å². The van der Waals surface area contributed by atoms with Crippen molar-refractivity contribution in [2.24, 2.45) is 5.92 Å². The molecule has 0 aromatic heterocycles. The zero-order valence-corrected chi connectivity index (χ0v) is 14.1. The van der Waals surface area contributed by atoms with E-state index in [0.717, 1.165) is 0 Å². The van der Waals surface area contributed by atoms with Crippen LogP contribution >= 0.6 is 0 Å². The minimum atomic E-state index is -3.30. The van der Waals surface area contributed by atoms with Gasteiger partial charge in [0.05, 0.1) is 11.9 Å². The van der Waals surface area contributed by atoms with Gasteiger partial charge in [-0.25, -0.2) is 8.42 Å². The standard InChI is InChI=1S/C15H24N2O3S/c1-6-17(21(5,19)20)14-9-7-13(8-10-14)15(18)16-12(4)11(2)3/h7-12H,6H2,1-5H3,(H,16,18). The Morgan fingerprint density at radius 1 is 1.19 bits per heavy atom. The lowest BCUT2D eigenvalue weighted by molar-refractivity contribution is 0.0930. The van der Waals surface area contributed by atoms with Gasteiger partial charge in [-0.05, 0) is 44.0 Å². The molecule has 0 aliphatic carbocycles. The van der Waals surface area contributed by atoms with Crippen LogP contribution in [0, 0.1) is 5.92 Å². The van der Waals surface area contributed by atoms with E-state index in [2.05, 4.69) is 5.32 Å². The van der Waals surface area contributed by atoms with Gasteiger partial charge >= 0.3 is 0 Å². The van der Waals surface area contributed by atoms with Gasteiger partial charge in [0.1, 0.15) is 0 Å². The molecule has 21 heavy (non-hydrogen) atoms. The fraction of sp³-hybridized carbons (Fsp3) is 0.533. The van der Waals surface area contributed by atoms with Crippen LogP contribution in [-0.2, 0) is 10.0 Å². The SMILES string of the molecule is CCN(c1ccc(C(=O)NC(C)C(C)C)cc1)S(C)(=O)=O. The monoisotopic (exact) mass is 312 g/mol. The van der Waals surface area contributed by atoms with Gasteiger partial charge in [0, 0.05) is 18.2 Å². The number of sulfonamides is 1. The Labute approximate surface area is 127 Å². The van der Waals surface area contributed by atoms with Gasteiger partial charge in [0.25, 0.3) is 5.91 Å². The van der Waals surface area contributed by atoms with Crippen LogP contribution in [0.1, 0.15) is 38.1 Å². The summed E-state index contributed by atoms with van der Waals surface area (Å²) in [4.78, 5) is 12.1. The molecule has 0 spiro atoms. The predicted octanol–water partition coefficient (Wildman–Crippen LogP) is 2.25. The Morgan fingerprint density at radius 2 is 1.71 bits per heavy atom. The van der Waals surface area contributed by atoms with Gasteiger partial charge in [-0.2, -0.15) is 0 Å². The van der Waals surface area contributed by atoms with Gasteiger partial charge in [-0.3, -0.25) is 9.10 Å². The molecule has 1 aromatic carbocycles. The molecule has 1 unspecified atom stereocenters. The number of rotatable bonds is 6. The van der Waals surface area contributed by atoms with Crippen LogP contribution in [0.4, 0.5) is 5.69 Å². The van der Waals surface area contributed by atoms with Crippen molar-refractivity contribution in [1.82, 2.24) is 5.32 Å². The first-order valence-corrected chi connectivity index (χ1v) is 8.90. The summed E-state index contributed by atoms with van der Waals surface area (Å²) in [6, 6.07) is 6.68. The molecule has 1 amide bonds. The number of amides is 1. The van der Waals surface area contributed by atoms with Crippen LogP contribution in [0.3, 0.4) is 0 Å². The van der Waals surface area contributed by atoms with E-state index in [-0.39, 0.29) is 11.9 Å². The summed E-state index contributed by atoms with van der Waals surface area (Å²) >= 11 is 0. The smallest absolute Gasteiger partial charge is 0.251 e. The molecular weight excluding hydrogens is 288 g/mol. The molecule has 0 aliphatic heterocycles. The molecule has 0 aliphatic rings.